The Bertz CT molecular complexity index is 376. The van der Waals surface area contributed by atoms with Gasteiger partial charge in [-0.1, -0.05) is 6.07 Å². The second kappa shape index (κ2) is 7.36. The van der Waals surface area contributed by atoms with Crippen LogP contribution in [0.2, 0.25) is 0 Å². The quantitative estimate of drug-likeness (QED) is 0.796. The summed E-state index contributed by atoms with van der Waals surface area (Å²) in [7, 11) is 4.05. The molecule has 19 heavy (non-hydrogen) atoms. The summed E-state index contributed by atoms with van der Waals surface area (Å²) in [5.74, 6) is 0.903. The molecule has 2 rings (SSSR count). The lowest BCUT2D eigenvalue weighted by Gasteiger charge is -2.23. The predicted molar refractivity (Wildman–Crippen MR) is 78.1 cm³/mol. The zero-order chi connectivity index (χ0) is 13.5. The minimum Gasteiger partial charge on any atom is -0.491 e. The van der Waals surface area contributed by atoms with E-state index in [1.54, 1.807) is 0 Å². The zero-order valence-corrected chi connectivity index (χ0v) is 11.9. The topological polar surface area (TPSA) is 33.7 Å². The Labute approximate surface area is 115 Å². The Morgan fingerprint density at radius 2 is 2.00 bits per heavy atom. The van der Waals surface area contributed by atoms with Crippen LogP contribution in [0.25, 0.3) is 0 Å². The van der Waals surface area contributed by atoms with Crippen molar-refractivity contribution >= 4 is 5.69 Å². The normalized spacial score (nSPS) is 16.3. The van der Waals surface area contributed by atoms with E-state index in [2.05, 4.69) is 16.3 Å². The Morgan fingerprint density at radius 3 is 2.74 bits per heavy atom. The van der Waals surface area contributed by atoms with E-state index in [1.165, 1.54) is 0 Å². The molecule has 0 unspecified atom stereocenters. The van der Waals surface area contributed by atoms with E-state index < -0.39 is 0 Å². The summed E-state index contributed by atoms with van der Waals surface area (Å²) in [6, 6.07) is 8.11. The van der Waals surface area contributed by atoms with Gasteiger partial charge in [0.15, 0.2) is 0 Å². The molecule has 1 aromatic rings. The number of benzene rings is 1. The van der Waals surface area contributed by atoms with Crippen LogP contribution in [0.1, 0.15) is 12.8 Å². The van der Waals surface area contributed by atoms with Crippen LogP contribution in [0.5, 0.6) is 5.75 Å². The standard InChI is InChI=1S/C15H24N2O2/c1-17(2)13-4-3-5-15(12-13)19-11-10-18-14-6-8-16-9-7-14/h3-5,12,14,16H,6-11H2,1-2H3. The van der Waals surface area contributed by atoms with Gasteiger partial charge in [-0.3, -0.25) is 0 Å². The van der Waals surface area contributed by atoms with Crippen LogP contribution >= 0.6 is 0 Å². The average Bonchev–Trinajstić information content (AvgIpc) is 2.45. The number of anilines is 1. The molecular weight excluding hydrogens is 240 g/mol. The van der Waals surface area contributed by atoms with Crippen molar-refractivity contribution in [3.63, 3.8) is 0 Å². The molecule has 1 heterocycles. The van der Waals surface area contributed by atoms with E-state index in [1.807, 2.05) is 32.3 Å². The number of hydrogen-bond acceptors (Lipinski definition) is 4. The van der Waals surface area contributed by atoms with Gasteiger partial charge in [0, 0.05) is 25.8 Å². The predicted octanol–water partition coefficient (Wildman–Crippen LogP) is 1.90. The summed E-state index contributed by atoms with van der Waals surface area (Å²) < 4.78 is 11.5. The van der Waals surface area contributed by atoms with Crippen molar-refractivity contribution in [1.29, 1.82) is 0 Å². The third-order valence-corrected chi connectivity index (χ3v) is 3.33. The summed E-state index contributed by atoms with van der Waals surface area (Å²) in [5.41, 5.74) is 1.15. The highest BCUT2D eigenvalue weighted by Crippen LogP contribution is 2.19. The van der Waals surface area contributed by atoms with Gasteiger partial charge in [-0.05, 0) is 38.1 Å². The Hall–Kier alpha value is -1.26. The molecule has 1 aliphatic rings. The number of hydrogen-bond donors (Lipinski definition) is 1. The molecule has 1 aliphatic heterocycles. The Kier molecular flexibility index (Phi) is 5.48. The molecule has 0 amide bonds. The fraction of sp³-hybridized carbons (Fsp3) is 0.600. The van der Waals surface area contributed by atoms with Crippen molar-refractivity contribution in [3.8, 4) is 5.75 Å². The number of rotatable bonds is 6. The maximum atomic E-state index is 5.81. The smallest absolute Gasteiger partial charge is 0.121 e. The number of piperidine rings is 1. The third kappa shape index (κ3) is 4.73. The van der Waals surface area contributed by atoms with Crippen LogP contribution < -0.4 is 15.0 Å². The van der Waals surface area contributed by atoms with Gasteiger partial charge >= 0.3 is 0 Å². The lowest BCUT2D eigenvalue weighted by atomic mass is 10.1. The van der Waals surface area contributed by atoms with Gasteiger partial charge in [0.05, 0.1) is 12.7 Å². The summed E-state index contributed by atoms with van der Waals surface area (Å²) >= 11 is 0. The van der Waals surface area contributed by atoms with Crippen molar-refractivity contribution in [2.24, 2.45) is 0 Å². The minimum absolute atomic E-state index is 0.401. The summed E-state index contributed by atoms with van der Waals surface area (Å²) in [4.78, 5) is 2.07. The monoisotopic (exact) mass is 264 g/mol. The van der Waals surface area contributed by atoms with Gasteiger partial charge < -0.3 is 19.7 Å². The van der Waals surface area contributed by atoms with Crippen LogP contribution in [0.3, 0.4) is 0 Å². The van der Waals surface area contributed by atoms with E-state index in [4.69, 9.17) is 9.47 Å². The minimum atomic E-state index is 0.401. The lowest BCUT2D eigenvalue weighted by molar-refractivity contribution is 0.0168. The molecule has 0 saturated carbocycles. The van der Waals surface area contributed by atoms with Crippen molar-refractivity contribution in [2.45, 2.75) is 18.9 Å². The molecule has 0 bridgehead atoms. The van der Waals surface area contributed by atoms with E-state index >= 15 is 0 Å². The molecule has 0 spiro atoms. The molecule has 1 aromatic carbocycles. The fourth-order valence-electron chi connectivity index (χ4n) is 2.19. The second-order valence-electron chi connectivity index (χ2n) is 5.06. The highest BCUT2D eigenvalue weighted by atomic mass is 16.5. The molecule has 1 saturated heterocycles. The third-order valence-electron chi connectivity index (χ3n) is 3.33. The highest BCUT2D eigenvalue weighted by molar-refractivity contribution is 5.49. The molecule has 106 valence electrons. The van der Waals surface area contributed by atoms with Crippen LogP contribution in [-0.4, -0.2) is 46.5 Å². The maximum absolute atomic E-state index is 5.81. The molecule has 1 fully saturated rings. The zero-order valence-electron chi connectivity index (χ0n) is 11.9. The van der Waals surface area contributed by atoms with Gasteiger partial charge in [0.2, 0.25) is 0 Å². The van der Waals surface area contributed by atoms with Gasteiger partial charge in [-0.15, -0.1) is 0 Å². The van der Waals surface area contributed by atoms with Crippen molar-refractivity contribution in [2.75, 3.05) is 45.3 Å². The SMILES string of the molecule is CN(C)c1cccc(OCCOC2CCNCC2)c1. The van der Waals surface area contributed by atoms with Crippen molar-refractivity contribution in [1.82, 2.24) is 5.32 Å². The molecule has 4 nitrogen and oxygen atoms in total. The largest absolute Gasteiger partial charge is 0.491 e. The summed E-state index contributed by atoms with van der Waals surface area (Å²) in [6.45, 7) is 3.41. The molecule has 0 atom stereocenters. The van der Waals surface area contributed by atoms with E-state index in [0.717, 1.165) is 37.4 Å². The molecule has 0 aromatic heterocycles. The Balaban J connectivity index is 1.68. The fourth-order valence-corrected chi connectivity index (χ4v) is 2.19. The van der Waals surface area contributed by atoms with Crippen LogP contribution in [0.4, 0.5) is 5.69 Å². The highest BCUT2D eigenvalue weighted by Gasteiger charge is 2.12. The number of ether oxygens (including phenoxy) is 2. The van der Waals surface area contributed by atoms with Crippen molar-refractivity contribution in [3.05, 3.63) is 24.3 Å². The summed E-state index contributed by atoms with van der Waals surface area (Å²) in [6.07, 6.45) is 2.62. The molecule has 0 aliphatic carbocycles. The van der Waals surface area contributed by atoms with E-state index in [9.17, 15) is 0 Å². The first-order chi connectivity index (χ1) is 9.25. The summed E-state index contributed by atoms with van der Waals surface area (Å²) in [5, 5.41) is 3.33. The average molecular weight is 264 g/mol. The first-order valence-corrected chi connectivity index (χ1v) is 6.98. The second-order valence-corrected chi connectivity index (χ2v) is 5.06. The van der Waals surface area contributed by atoms with Crippen molar-refractivity contribution < 1.29 is 9.47 Å². The Morgan fingerprint density at radius 1 is 1.21 bits per heavy atom. The molecule has 1 N–H and O–H groups in total. The van der Waals surface area contributed by atoms with Crippen LogP contribution in [-0.2, 0) is 4.74 Å². The molecule has 0 radical (unpaired) electrons. The van der Waals surface area contributed by atoms with Crippen LogP contribution in [0.15, 0.2) is 24.3 Å². The first kappa shape index (κ1) is 14.2. The first-order valence-electron chi connectivity index (χ1n) is 6.98. The van der Waals surface area contributed by atoms with Gasteiger partial charge in [0.25, 0.3) is 0 Å². The van der Waals surface area contributed by atoms with Crippen LogP contribution in [0, 0.1) is 0 Å². The number of nitrogens with zero attached hydrogens (tertiary/aromatic N) is 1. The maximum Gasteiger partial charge on any atom is 0.121 e. The van der Waals surface area contributed by atoms with E-state index in [-0.39, 0.29) is 0 Å². The lowest BCUT2D eigenvalue weighted by Crippen LogP contribution is -2.33. The van der Waals surface area contributed by atoms with Gasteiger partial charge in [-0.25, -0.2) is 0 Å². The molecular formula is C15H24N2O2. The van der Waals surface area contributed by atoms with Gasteiger partial charge in [-0.2, -0.15) is 0 Å². The molecule has 4 heteroatoms. The van der Waals surface area contributed by atoms with Gasteiger partial charge in [0.1, 0.15) is 12.4 Å². The van der Waals surface area contributed by atoms with E-state index in [0.29, 0.717) is 19.3 Å². The number of nitrogens with one attached hydrogen (secondary N) is 1.